The molecule has 5 heterocycles. The molecule has 37 heavy (non-hydrogen) atoms. The van der Waals surface area contributed by atoms with Crippen molar-refractivity contribution in [2.45, 2.75) is 31.6 Å². The van der Waals surface area contributed by atoms with Gasteiger partial charge < -0.3 is 24.6 Å². The topological polar surface area (TPSA) is 118 Å². The van der Waals surface area contributed by atoms with Crippen LogP contribution in [0, 0.1) is 0 Å². The average Bonchev–Trinajstić information content (AvgIpc) is 2.89. The van der Waals surface area contributed by atoms with Crippen molar-refractivity contribution in [3.63, 3.8) is 0 Å². The van der Waals surface area contributed by atoms with Crippen molar-refractivity contribution in [1.29, 1.82) is 0 Å². The summed E-state index contributed by atoms with van der Waals surface area (Å²) in [5.41, 5.74) is 2.37. The molecule has 0 aromatic carbocycles. The molecule has 0 bridgehead atoms. The summed E-state index contributed by atoms with van der Waals surface area (Å²) in [7, 11) is 3.39. The van der Waals surface area contributed by atoms with Gasteiger partial charge in [-0.1, -0.05) is 6.07 Å². The minimum Gasteiger partial charge on any atom is -0.436 e. The number of ether oxygens (including phenoxy) is 2. The first-order valence-corrected chi connectivity index (χ1v) is 11.4. The maximum atomic E-state index is 13.0. The van der Waals surface area contributed by atoms with Gasteiger partial charge in [-0.05, 0) is 18.4 Å². The molecule has 14 heteroatoms. The van der Waals surface area contributed by atoms with Crippen LogP contribution in [0.2, 0.25) is 0 Å². The number of methoxy groups -OCH3 is 1. The van der Waals surface area contributed by atoms with E-state index in [1.54, 1.807) is 30.3 Å². The van der Waals surface area contributed by atoms with Crippen LogP contribution in [0.1, 0.15) is 23.5 Å². The number of likely N-dealkylation sites (N-methyl/N-ethyl adjacent to an activating group) is 1. The van der Waals surface area contributed by atoms with Crippen LogP contribution >= 0.6 is 0 Å². The van der Waals surface area contributed by atoms with Gasteiger partial charge in [0.2, 0.25) is 17.7 Å². The SMILES string of the molecule is COC[C@H]1C(=O)N2CCCc3nc(NCc4ccc(Oc5cnc(C(F)(F)F)nc5)nc4)nc(c32)N1C. The summed E-state index contributed by atoms with van der Waals surface area (Å²) < 4.78 is 48.5. The van der Waals surface area contributed by atoms with E-state index in [2.05, 4.69) is 30.2 Å². The van der Waals surface area contributed by atoms with Crippen LogP contribution in [0.3, 0.4) is 0 Å². The minimum absolute atomic E-state index is 0.0154. The number of nitrogens with zero attached hydrogens (tertiary/aromatic N) is 7. The summed E-state index contributed by atoms with van der Waals surface area (Å²) in [5, 5.41) is 3.20. The van der Waals surface area contributed by atoms with Crippen molar-refractivity contribution in [2.75, 3.05) is 42.4 Å². The molecule has 5 rings (SSSR count). The van der Waals surface area contributed by atoms with E-state index < -0.39 is 18.0 Å². The third kappa shape index (κ3) is 4.96. The van der Waals surface area contributed by atoms with E-state index in [4.69, 9.17) is 9.47 Å². The van der Waals surface area contributed by atoms with E-state index in [0.29, 0.717) is 24.9 Å². The Hall–Kier alpha value is -4.07. The maximum absolute atomic E-state index is 13.0. The molecule has 3 aromatic rings. The molecule has 0 radical (unpaired) electrons. The highest BCUT2D eigenvalue weighted by Gasteiger charge is 2.41. The molecule has 1 amide bonds. The summed E-state index contributed by atoms with van der Waals surface area (Å²) in [4.78, 5) is 36.6. The highest BCUT2D eigenvalue weighted by molar-refractivity contribution is 6.05. The first kappa shape index (κ1) is 24.6. The Labute approximate surface area is 209 Å². The number of amides is 1. The molecular formula is C23H23F3N8O3. The van der Waals surface area contributed by atoms with E-state index in [-0.39, 0.29) is 24.1 Å². The third-order valence-electron chi connectivity index (χ3n) is 6.03. The summed E-state index contributed by atoms with van der Waals surface area (Å²) in [6, 6.07) is 2.88. The fourth-order valence-electron chi connectivity index (χ4n) is 4.23. The van der Waals surface area contributed by atoms with Crippen molar-refractivity contribution in [3.05, 3.63) is 47.8 Å². The normalized spacial score (nSPS) is 17.0. The predicted octanol–water partition coefficient (Wildman–Crippen LogP) is 2.83. The van der Waals surface area contributed by atoms with Gasteiger partial charge in [0.25, 0.3) is 5.91 Å². The predicted molar refractivity (Wildman–Crippen MR) is 125 cm³/mol. The number of hydrogen-bond acceptors (Lipinski definition) is 10. The van der Waals surface area contributed by atoms with Gasteiger partial charge in [-0.3, -0.25) is 4.79 Å². The van der Waals surface area contributed by atoms with Crippen molar-refractivity contribution < 1.29 is 27.4 Å². The maximum Gasteiger partial charge on any atom is 0.451 e. The highest BCUT2D eigenvalue weighted by atomic mass is 19.4. The molecule has 194 valence electrons. The second-order valence-electron chi connectivity index (χ2n) is 8.54. The van der Waals surface area contributed by atoms with Crippen LogP contribution in [-0.2, 0) is 28.7 Å². The van der Waals surface area contributed by atoms with Crippen LogP contribution in [0.25, 0.3) is 0 Å². The Morgan fingerprint density at radius 3 is 2.59 bits per heavy atom. The number of rotatable bonds is 7. The first-order chi connectivity index (χ1) is 17.7. The zero-order valence-electron chi connectivity index (χ0n) is 20.0. The van der Waals surface area contributed by atoms with Gasteiger partial charge in [-0.15, -0.1) is 0 Å². The molecule has 0 spiro atoms. The summed E-state index contributed by atoms with van der Waals surface area (Å²) in [5.74, 6) is 0.0545. The fraction of sp³-hybridized carbons (Fsp3) is 0.391. The van der Waals surface area contributed by atoms with E-state index in [0.717, 1.165) is 42.2 Å². The second-order valence-corrected chi connectivity index (χ2v) is 8.54. The van der Waals surface area contributed by atoms with Gasteiger partial charge >= 0.3 is 6.18 Å². The second kappa shape index (κ2) is 9.76. The standard InChI is InChI=1S/C23H23F3N8O3/c1-33-16(12-36-2)20(35)34-7-3-4-15-18(34)19(33)32-22(31-15)30-9-13-5-6-17(27-8-13)37-14-10-28-21(29-11-14)23(24,25)26/h5-6,8,10-11,16H,3-4,7,9,12H2,1-2H3,(H,30,31,32)/t16-/m0/s1. The number of halogens is 3. The Morgan fingerprint density at radius 1 is 1.14 bits per heavy atom. The lowest BCUT2D eigenvalue weighted by atomic mass is 10.0. The molecule has 0 fully saturated rings. The Balaban J connectivity index is 1.27. The van der Waals surface area contributed by atoms with Crippen LogP contribution in [0.15, 0.2) is 30.7 Å². The lowest BCUT2D eigenvalue weighted by molar-refractivity contribution is -0.145. The molecule has 11 nitrogen and oxygen atoms in total. The number of hydrogen-bond donors (Lipinski definition) is 1. The molecule has 0 saturated heterocycles. The van der Waals surface area contributed by atoms with Gasteiger partial charge in [-0.25, -0.2) is 19.9 Å². The number of aryl methyl sites for hydroxylation is 1. The minimum atomic E-state index is -4.62. The average molecular weight is 516 g/mol. The Bertz CT molecular complexity index is 1290. The number of carbonyl (C=O) groups is 1. The molecule has 2 aliphatic heterocycles. The smallest absolute Gasteiger partial charge is 0.436 e. The number of anilines is 3. The van der Waals surface area contributed by atoms with Crippen molar-refractivity contribution in [1.82, 2.24) is 24.9 Å². The van der Waals surface area contributed by atoms with Gasteiger partial charge in [0.05, 0.1) is 24.7 Å². The molecule has 1 atom stereocenters. The lowest BCUT2D eigenvalue weighted by Gasteiger charge is -2.42. The van der Waals surface area contributed by atoms with Crippen molar-refractivity contribution in [2.24, 2.45) is 0 Å². The molecule has 0 unspecified atom stereocenters. The van der Waals surface area contributed by atoms with Crippen LogP contribution in [0.4, 0.5) is 30.6 Å². The molecule has 1 N–H and O–H groups in total. The van der Waals surface area contributed by atoms with Crippen LogP contribution < -0.4 is 19.9 Å². The quantitative estimate of drug-likeness (QED) is 0.502. The zero-order valence-corrected chi connectivity index (χ0v) is 20.0. The zero-order chi connectivity index (χ0) is 26.2. The van der Waals surface area contributed by atoms with Gasteiger partial charge in [-0.2, -0.15) is 18.2 Å². The fourth-order valence-corrected chi connectivity index (χ4v) is 4.23. The number of alkyl halides is 3. The Morgan fingerprint density at radius 2 is 1.92 bits per heavy atom. The molecule has 0 saturated carbocycles. The molecule has 3 aromatic heterocycles. The summed E-state index contributed by atoms with van der Waals surface area (Å²) in [6.45, 7) is 1.25. The first-order valence-electron chi connectivity index (χ1n) is 11.4. The van der Waals surface area contributed by atoms with Crippen LogP contribution in [-0.4, -0.2) is 64.2 Å². The monoisotopic (exact) mass is 516 g/mol. The molecule has 2 aliphatic rings. The van der Waals surface area contributed by atoms with E-state index >= 15 is 0 Å². The van der Waals surface area contributed by atoms with Crippen molar-refractivity contribution >= 4 is 23.4 Å². The number of pyridine rings is 1. The van der Waals surface area contributed by atoms with Gasteiger partial charge in [0.15, 0.2) is 11.6 Å². The largest absolute Gasteiger partial charge is 0.451 e. The molecule has 0 aliphatic carbocycles. The number of aromatic nitrogens is 5. The number of carbonyl (C=O) groups excluding carboxylic acids is 1. The van der Waals surface area contributed by atoms with E-state index in [1.807, 2.05) is 11.9 Å². The summed E-state index contributed by atoms with van der Waals surface area (Å²) in [6.07, 6.45) is 0.381. The third-order valence-corrected chi connectivity index (χ3v) is 6.03. The highest BCUT2D eigenvalue weighted by Crippen LogP contribution is 2.40. The lowest BCUT2D eigenvalue weighted by Crippen LogP contribution is -2.56. The van der Waals surface area contributed by atoms with Crippen molar-refractivity contribution in [3.8, 4) is 11.6 Å². The van der Waals surface area contributed by atoms with Gasteiger partial charge in [0, 0.05) is 39.5 Å². The van der Waals surface area contributed by atoms with E-state index in [1.165, 1.54) is 0 Å². The molecular weight excluding hydrogens is 493 g/mol. The summed E-state index contributed by atoms with van der Waals surface area (Å²) >= 11 is 0. The Kier molecular flexibility index (Phi) is 6.50. The van der Waals surface area contributed by atoms with Gasteiger partial charge in [0.1, 0.15) is 11.7 Å². The van der Waals surface area contributed by atoms with E-state index in [9.17, 15) is 18.0 Å². The number of nitrogens with one attached hydrogen (secondary N) is 1. The van der Waals surface area contributed by atoms with Crippen LogP contribution in [0.5, 0.6) is 11.6 Å².